The first kappa shape index (κ1) is 28.7. The van der Waals surface area contributed by atoms with Gasteiger partial charge in [0.05, 0.1) is 11.3 Å². The fourth-order valence-electron chi connectivity index (χ4n) is 4.87. The van der Waals surface area contributed by atoms with E-state index in [1.165, 1.54) is 0 Å². The van der Waals surface area contributed by atoms with Gasteiger partial charge in [-0.3, -0.25) is 0 Å². The molecule has 0 amide bonds. The van der Waals surface area contributed by atoms with E-state index in [2.05, 4.69) is 61.9 Å². The maximum Gasteiger partial charge on any atom is 0.228 e. The number of hydrogen-bond acceptors (Lipinski definition) is 9. The number of rotatable bonds is 12. The lowest BCUT2D eigenvalue weighted by atomic mass is 10.0. The van der Waals surface area contributed by atoms with Crippen molar-refractivity contribution >= 4 is 28.2 Å². The molecular weight excluding hydrogens is 548 g/mol. The molecule has 9 nitrogen and oxygen atoms in total. The Labute approximate surface area is 257 Å². The Morgan fingerprint density at radius 1 is 0.727 bits per heavy atom. The van der Waals surface area contributed by atoms with Crippen LogP contribution >= 0.6 is 0 Å². The van der Waals surface area contributed by atoms with E-state index in [9.17, 15) is 0 Å². The van der Waals surface area contributed by atoms with Crippen LogP contribution in [0.3, 0.4) is 0 Å². The standard InChI is InChI=1S/C35H34N8O/c1-43(2)24-9-8-21-37-35-38-23-20-31(40-35)30-15-10-22-36-34(30)44-27-18-16-26(17-19-27)39-33-29-14-7-6-13-28(29)32(41-42-33)25-11-4-3-5-12-25/h3-7,10-20,22-23H,8-9,21,24H2,1-2H3,(H,39,42)(H,37,38,40). The first-order valence-electron chi connectivity index (χ1n) is 14.7. The van der Waals surface area contributed by atoms with E-state index in [-0.39, 0.29) is 0 Å². The summed E-state index contributed by atoms with van der Waals surface area (Å²) in [5.74, 6) is 2.40. The Balaban J connectivity index is 1.16. The van der Waals surface area contributed by atoms with Crippen LogP contribution in [0.5, 0.6) is 11.6 Å². The molecule has 0 unspecified atom stereocenters. The van der Waals surface area contributed by atoms with Crippen LogP contribution < -0.4 is 15.4 Å². The molecule has 44 heavy (non-hydrogen) atoms. The van der Waals surface area contributed by atoms with Gasteiger partial charge >= 0.3 is 0 Å². The Kier molecular flexibility index (Phi) is 8.94. The summed E-state index contributed by atoms with van der Waals surface area (Å²) >= 11 is 0. The Hall–Kier alpha value is -5.41. The van der Waals surface area contributed by atoms with Gasteiger partial charge in [0.25, 0.3) is 0 Å². The zero-order chi connectivity index (χ0) is 30.1. The first-order valence-corrected chi connectivity index (χ1v) is 14.7. The van der Waals surface area contributed by atoms with Crippen molar-refractivity contribution < 1.29 is 4.74 Å². The zero-order valence-corrected chi connectivity index (χ0v) is 24.8. The smallest absolute Gasteiger partial charge is 0.228 e. The number of pyridine rings is 1. The van der Waals surface area contributed by atoms with Crippen LogP contribution in [0.25, 0.3) is 33.3 Å². The number of benzene rings is 3. The summed E-state index contributed by atoms with van der Waals surface area (Å²) in [7, 11) is 4.17. The number of hydrogen-bond donors (Lipinski definition) is 2. The second kappa shape index (κ2) is 13.7. The highest BCUT2D eigenvalue weighted by Crippen LogP contribution is 2.33. The van der Waals surface area contributed by atoms with Crippen molar-refractivity contribution in [2.75, 3.05) is 37.8 Å². The average Bonchev–Trinajstić information content (AvgIpc) is 3.06. The molecule has 3 heterocycles. The van der Waals surface area contributed by atoms with Crippen LogP contribution in [0.15, 0.2) is 109 Å². The molecule has 0 aliphatic rings. The molecule has 9 heteroatoms. The highest BCUT2D eigenvalue weighted by molar-refractivity contribution is 6.00. The number of fused-ring (bicyclic) bond motifs is 1. The fourth-order valence-corrected chi connectivity index (χ4v) is 4.87. The van der Waals surface area contributed by atoms with Crippen molar-refractivity contribution in [1.29, 1.82) is 0 Å². The third kappa shape index (κ3) is 6.96. The molecule has 3 aromatic heterocycles. The maximum atomic E-state index is 6.23. The fraction of sp³-hybridized carbons (Fsp3) is 0.171. The van der Waals surface area contributed by atoms with Crippen molar-refractivity contribution in [1.82, 2.24) is 30.0 Å². The predicted molar refractivity (Wildman–Crippen MR) is 176 cm³/mol. The molecule has 0 atom stereocenters. The van der Waals surface area contributed by atoms with Crippen molar-refractivity contribution in [2.24, 2.45) is 0 Å². The summed E-state index contributed by atoms with van der Waals surface area (Å²) < 4.78 is 6.23. The summed E-state index contributed by atoms with van der Waals surface area (Å²) in [5.41, 5.74) is 4.27. The highest BCUT2D eigenvalue weighted by atomic mass is 16.5. The van der Waals surface area contributed by atoms with Crippen LogP contribution in [-0.4, -0.2) is 57.2 Å². The van der Waals surface area contributed by atoms with E-state index in [0.29, 0.717) is 23.4 Å². The SMILES string of the molecule is CN(C)CCCCNc1nccc(-c2cccnc2Oc2ccc(Nc3nnc(-c4ccccc4)c4ccccc34)cc2)n1. The van der Waals surface area contributed by atoms with E-state index in [1.807, 2.05) is 84.9 Å². The van der Waals surface area contributed by atoms with E-state index in [1.54, 1.807) is 12.4 Å². The molecule has 2 N–H and O–H groups in total. The maximum absolute atomic E-state index is 6.23. The number of nitrogens with one attached hydrogen (secondary N) is 2. The molecule has 0 saturated heterocycles. The molecular formula is C35H34N8O. The summed E-state index contributed by atoms with van der Waals surface area (Å²) in [4.78, 5) is 15.8. The molecule has 0 aliphatic heterocycles. The summed E-state index contributed by atoms with van der Waals surface area (Å²) in [6.07, 6.45) is 5.61. The molecule has 6 rings (SSSR count). The topological polar surface area (TPSA) is 101 Å². The number of aromatic nitrogens is 5. The second-order valence-electron chi connectivity index (χ2n) is 10.6. The molecule has 0 radical (unpaired) electrons. The Bertz CT molecular complexity index is 1830. The summed E-state index contributed by atoms with van der Waals surface area (Å²) in [5, 5.41) is 17.9. The highest BCUT2D eigenvalue weighted by Gasteiger charge is 2.13. The lowest BCUT2D eigenvalue weighted by Gasteiger charge is -2.13. The van der Waals surface area contributed by atoms with Crippen molar-refractivity contribution in [3.63, 3.8) is 0 Å². The van der Waals surface area contributed by atoms with Gasteiger partial charge in [-0.2, -0.15) is 0 Å². The van der Waals surface area contributed by atoms with E-state index in [0.717, 1.165) is 64.9 Å². The monoisotopic (exact) mass is 582 g/mol. The van der Waals surface area contributed by atoms with Crippen LogP contribution in [0, 0.1) is 0 Å². The molecule has 0 aliphatic carbocycles. The third-order valence-electron chi connectivity index (χ3n) is 7.08. The van der Waals surface area contributed by atoms with Gasteiger partial charge in [-0.25, -0.2) is 15.0 Å². The van der Waals surface area contributed by atoms with Gasteiger partial charge in [-0.05, 0) is 75.9 Å². The molecule has 0 bridgehead atoms. The van der Waals surface area contributed by atoms with Gasteiger partial charge in [0.2, 0.25) is 11.8 Å². The molecule has 0 spiro atoms. The average molecular weight is 583 g/mol. The van der Waals surface area contributed by atoms with Gasteiger partial charge in [0.15, 0.2) is 5.82 Å². The van der Waals surface area contributed by atoms with E-state index in [4.69, 9.17) is 9.72 Å². The minimum absolute atomic E-state index is 0.470. The largest absolute Gasteiger partial charge is 0.438 e. The van der Waals surface area contributed by atoms with Gasteiger partial charge in [-0.1, -0.05) is 54.6 Å². The summed E-state index contributed by atoms with van der Waals surface area (Å²) in [6.45, 7) is 1.87. The molecule has 0 fully saturated rings. The van der Waals surface area contributed by atoms with Crippen LogP contribution in [0.4, 0.5) is 17.5 Å². The van der Waals surface area contributed by atoms with Crippen molar-refractivity contribution in [3.05, 3.63) is 109 Å². The zero-order valence-electron chi connectivity index (χ0n) is 24.8. The van der Waals surface area contributed by atoms with Gasteiger partial charge in [0.1, 0.15) is 11.4 Å². The van der Waals surface area contributed by atoms with Gasteiger partial charge in [0, 0.05) is 41.0 Å². The predicted octanol–water partition coefficient (Wildman–Crippen LogP) is 7.44. The molecule has 0 saturated carbocycles. The van der Waals surface area contributed by atoms with Crippen molar-refractivity contribution in [3.8, 4) is 34.1 Å². The third-order valence-corrected chi connectivity index (χ3v) is 7.08. The van der Waals surface area contributed by atoms with Crippen molar-refractivity contribution in [2.45, 2.75) is 12.8 Å². The number of ether oxygens (including phenoxy) is 1. The lowest BCUT2D eigenvalue weighted by molar-refractivity contribution is 0.396. The first-order chi connectivity index (χ1) is 21.6. The normalized spacial score (nSPS) is 11.1. The Morgan fingerprint density at radius 2 is 1.52 bits per heavy atom. The molecule has 220 valence electrons. The summed E-state index contributed by atoms with van der Waals surface area (Å²) in [6, 6.07) is 31.6. The van der Waals surface area contributed by atoms with Gasteiger partial charge in [-0.15, -0.1) is 10.2 Å². The van der Waals surface area contributed by atoms with E-state index < -0.39 is 0 Å². The van der Waals surface area contributed by atoms with Crippen LogP contribution in [-0.2, 0) is 0 Å². The number of anilines is 3. The minimum atomic E-state index is 0.470. The van der Waals surface area contributed by atoms with Crippen LogP contribution in [0.1, 0.15) is 12.8 Å². The van der Waals surface area contributed by atoms with E-state index >= 15 is 0 Å². The van der Waals surface area contributed by atoms with Gasteiger partial charge < -0.3 is 20.3 Å². The number of nitrogens with zero attached hydrogens (tertiary/aromatic N) is 6. The molecule has 3 aromatic carbocycles. The number of unbranched alkanes of at least 4 members (excludes halogenated alkanes) is 1. The van der Waals surface area contributed by atoms with Crippen LogP contribution in [0.2, 0.25) is 0 Å². The Morgan fingerprint density at radius 3 is 2.34 bits per heavy atom. The second-order valence-corrected chi connectivity index (χ2v) is 10.6. The minimum Gasteiger partial charge on any atom is -0.438 e. The molecule has 6 aromatic rings. The lowest BCUT2D eigenvalue weighted by Crippen LogP contribution is -2.14. The quantitative estimate of drug-likeness (QED) is 0.143.